The van der Waals surface area contributed by atoms with Gasteiger partial charge in [0.15, 0.2) is 0 Å². The first-order valence-electron chi connectivity index (χ1n) is 5.65. The molecule has 1 fully saturated rings. The molecule has 17 heavy (non-hydrogen) atoms. The van der Waals surface area contributed by atoms with E-state index in [1.165, 1.54) is 0 Å². The summed E-state index contributed by atoms with van der Waals surface area (Å²) in [5.74, 6) is 1.85. The minimum atomic E-state index is -0.673. The Hall–Kier alpha value is -1.18. The van der Waals surface area contributed by atoms with Crippen LogP contribution in [0, 0.1) is 17.2 Å². The Morgan fingerprint density at radius 3 is 2.94 bits per heavy atom. The molecule has 1 aliphatic carbocycles. The molecule has 0 aromatic heterocycles. The second-order valence-corrected chi connectivity index (χ2v) is 5.44. The summed E-state index contributed by atoms with van der Waals surface area (Å²) in [5.41, 5.74) is 5.43. The Bertz CT molecular complexity index is 439. The van der Waals surface area contributed by atoms with Gasteiger partial charge in [-0.2, -0.15) is 5.26 Å². The molecular weight excluding hydrogens is 232 g/mol. The highest BCUT2D eigenvalue weighted by molar-refractivity contribution is 7.99. The molecule has 0 bridgehead atoms. The van der Waals surface area contributed by atoms with Gasteiger partial charge in [0, 0.05) is 10.6 Å². The summed E-state index contributed by atoms with van der Waals surface area (Å²) in [6, 6.07) is 10.1. The van der Waals surface area contributed by atoms with Crippen molar-refractivity contribution in [3.63, 3.8) is 0 Å². The topological polar surface area (TPSA) is 59.0 Å². The molecule has 90 valence electrons. The lowest BCUT2D eigenvalue weighted by Crippen LogP contribution is -2.43. The molecule has 0 spiro atoms. The second kappa shape index (κ2) is 4.99. The lowest BCUT2D eigenvalue weighted by molar-refractivity contribution is 0.413. The molecule has 1 unspecified atom stereocenters. The molecule has 3 nitrogen and oxygen atoms in total. The number of ether oxygens (including phenoxy) is 1. The number of nitriles is 1. The molecule has 1 saturated carbocycles. The number of hydrogen-bond donors (Lipinski definition) is 1. The van der Waals surface area contributed by atoms with Gasteiger partial charge in [-0.1, -0.05) is 6.07 Å². The van der Waals surface area contributed by atoms with E-state index in [-0.39, 0.29) is 0 Å². The molecule has 1 aromatic rings. The third-order valence-electron chi connectivity index (χ3n) is 3.03. The van der Waals surface area contributed by atoms with Gasteiger partial charge in [0.1, 0.15) is 11.3 Å². The SMILES string of the molecule is COc1cccc(SCC(N)(C#N)C2CC2)c1. The number of rotatable bonds is 5. The van der Waals surface area contributed by atoms with Gasteiger partial charge >= 0.3 is 0 Å². The van der Waals surface area contributed by atoms with E-state index in [4.69, 9.17) is 15.7 Å². The van der Waals surface area contributed by atoms with Gasteiger partial charge in [-0.3, -0.25) is 0 Å². The van der Waals surface area contributed by atoms with Gasteiger partial charge in [0.05, 0.1) is 13.2 Å². The molecule has 2 N–H and O–H groups in total. The van der Waals surface area contributed by atoms with Crippen molar-refractivity contribution in [1.29, 1.82) is 5.26 Å². The Labute approximate surface area is 106 Å². The number of thioether (sulfide) groups is 1. The normalized spacial score (nSPS) is 18.2. The minimum Gasteiger partial charge on any atom is -0.497 e. The standard InChI is InChI=1S/C13H16N2OS/c1-16-11-3-2-4-12(7-11)17-9-13(15,8-14)10-5-6-10/h2-4,7,10H,5-6,9,15H2,1H3. The van der Waals surface area contributed by atoms with E-state index in [2.05, 4.69) is 6.07 Å². The van der Waals surface area contributed by atoms with E-state index in [0.29, 0.717) is 11.7 Å². The van der Waals surface area contributed by atoms with Gasteiger partial charge in [0.25, 0.3) is 0 Å². The third kappa shape index (κ3) is 2.93. The second-order valence-electron chi connectivity index (χ2n) is 4.39. The van der Waals surface area contributed by atoms with Crippen LogP contribution in [0.15, 0.2) is 29.2 Å². The van der Waals surface area contributed by atoms with Crippen molar-refractivity contribution in [3.8, 4) is 11.8 Å². The van der Waals surface area contributed by atoms with Crippen LogP contribution in [-0.2, 0) is 0 Å². The third-order valence-corrected chi connectivity index (χ3v) is 4.24. The zero-order chi connectivity index (χ0) is 12.3. The van der Waals surface area contributed by atoms with Crippen LogP contribution in [0.1, 0.15) is 12.8 Å². The zero-order valence-corrected chi connectivity index (χ0v) is 10.7. The summed E-state index contributed by atoms with van der Waals surface area (Å²) in [6.45, 7) is 0. The molecule has 2 rings (SSSR count). The van der Waals surface area contributed by atoms with Crippen molar-refractivity contribution in [1.82, 2.24) is 0 Å². The van der Waals surface area contributed by atoms with Crippen LogP contribution in [0.4, 0.5) is 0 Å². The van der Waals surface area contributed by atoms with Crippen molar-refractivity contribution in [2.75, 3.05) is 12.9 Å². The van der Waals surface area contributed by atoms with Gasteiger partial charge < -0.3 is 10.5 Å². The fourth-order valence-electron chi connectivity index (χ4n) is 1.73. The summed E-state index contributed by atoms with van der Waals surface area (Å²) >= 11 is 1.62. The highest BCUT2D eigenvalue weighted by Gasteiger charge is 2.42. The number of methoxy groups -OCH3 is 1. The van der Waals surface area contributed by atoms with Crippen molar-refractivity contribution in [2.45, 2.75) is 23.3 Å². The van der Waals surface area contributed by atoms with Crippen LogP contribution in [-0.4, -0.2) is 18.4 Å². The van der Waals surface area contributed by atoms with Crippen LogP contribution >= 0.6 is 11.8 Å². The Morgan fingerprint density at radius 1 is 1.59 bits per heavy atom. The first kappa shape index (κ1) is 12.3. The average Bonchev–Trinajstić information content (AvgIpc) is 3.21. The molecule has 0 heterocycles. The Kier molecular flexibility index (Phi) is 3.60. The summed E-state index contributed by atoms with van der Waals surface area (Å²) in [5, 5.41) is 9.16. The largest absolute Gasteiger partial charge is 0.497 e. The van der Waals surface area contributed by atoms with Gasteiger partial charge in [-0.05, 0) is 37.0 Å². The van der Waals surface area contributed by atoms with Crippen molar-refractivity contribution in [2.24, 2.45) is 11.7 Å². The van der Waals surface area contributed by atoms with Crippen molar-refractivity contribution < 1.29 is 4.74 Å². The molecule has 1 atom stereocenters. The average molecular weight is 248 g/mol. The first-order chi connectivity index (χ1) is 8.18. The monoisotopic (exact) mass is 248 g/mol. The summed E-state index contributed by atoms with van der Waals surface area (Å²) in [6.07, 6.45) is 2.17. The predicted molar refractivity (Wildman–Crippen MR) is 69.0 cm³/mol. The molecule has 1 aromatic carbocycles. The quantitative estimate of drug-likeness (QED) is 0.813. The molecule has 4 heteroatoms. The van der Waals surface area contributed by atoms with Crippen molar-refractivity contribution >= 4 is 11.8 Å². The van der Waals surface area contributed by atoms with Crippen LogP contribution in [0.3, 0.4) is 0 Å². The molecule has 0 aliphatic heterocycles. The Balaban J connectivity index is 1.99. The van der Waals surface area contributed by atoms with Crippen molar-refractivity contribution in [3.05, 3.63) is 24.3 Å². The molecule has 0 radical (unpaired) electrons. The lowest BCUT2D eigenvalue weighted by Gasteiger charge is -2.20. The van der Waals surface area contributed by atoms with Crippen LogP contribution in [0.2, 0.25) is 0 Å². The van der Waals surface area contributed by atoms with E-state index in [9.17, 15) is 0 Å². The van der Waals surface area contributed by atoms with Crippen LogP contribution < -0.4 is 10.5 Å². The molecule has 0 saturated heterocycles. The lowest BCUT2D eigenvalue weighted by atomic mass is 10.00. The predicted octanol–water partition coefficient (Wildman–Crippen LogP) is 2.42. The number of hydrogen-bond acceptors (Lipinski definition) is 4. The smallest absolute Gasteiger partial charge is 0.119 e. The Morgan fingerprint density at radius 2 is 2.35 bits per heavy atom. The number of nitrogens with two attached hydrogens (primary N) is 1. The summed E-state index contributed by atoms with van der Waals surface area (Å²) in [7, 11) is 1.65. The summed E-state index contributed by atoms with van der Waals surface area (Å²) in [4.78, 5) is 1.09. The van der Waals surface area contributed by atoms with E-state index in [0.717, 1.165) is 23.5 Å². The number of benzene rings is 1. The highest BCUT2D eigenvalue weighted by atomic mass is 32.2. The van der Waals surface area contributed by atoms with E-state index in [1.807, 2.05) is 24.3 Å². The highest BCUT2D eigenvalue weighted by Crippen LogP contribution is 2.40. The molecule has 1 aliphatic rings. The van der Waals surface area contributed by atoms with E-state index >= 15 is 0 Å². The minimum absolute atomic E-state index is 0.380. The first-order valence-corrected chi connectivity index (χ1v) is 6.63. The maximum Gasteiger partial charge on any atom is 0.119 e. The summed E-state index contributed by atoms with van der Waals surface area (Å²) < 4.78 is 5.16. The van der Waals surface area contributed by atoms with Crippen LogP contribution in [0.25, 0.3) is 0 Å². The fraction of sp³-hybridized carbons (Fsp3) is 0.462. The fourth-order valence-corrected chi connectivity index (χ4v) is 2.81. The van der Waals surface area contributed by atoms with E-state index < -0.39 is 5.54 Å². The van der Waals surface area contributed by atoms with Gasteiger partial charge in [-0.15, -0.1) is 11.8 Å². The number of nitrogens with zero attached hydrogens (tertiary/aromatic N) is 1. The maximum absolute atomic E-state index is 9.16. The maximum atomic E-state index is 9.16. The molecule has 0 amide bonds. The zero-order valence-electron chi connectivity index (χ0n) is 9.85. The van der Waals surface area contributed by atoms with Crippen LogP contribution in [0.5, 0.6) is 5.75 Å². The van der Waals surface area contributed by atoms with E-state index in [1.54, 1.807) is 18.9 Å². The van der Waals surface area contributed by atoms with Gasteiger partial charge in [-0.25, -0.2) is 0 Å². The molecular formula is C13H16N2OS. The van der Waals surface area contributed by atoms with Gasteiger partial charge in [0.2, 0.25) is 0 Å².